The van der Waals surface area contributed by atoms with Crippen LogP contribution in [-0.4, -0.2) is 30.3 Å². The minimum atomic E-state index is -4.50. The first-order valence-electron chi connectivity index (χ1n) is 12.5. The molecular weight excluding hydrogens is 364 g/mol. The summed E-state index contributed by atoms with van der Waals surface area (Å²) in [4.78, 5) is 0. The van der Waals surface area contributed by atoms with Crippen LogP contribution in [0.5, 0.6) is 0 Å². The molecule has 0 bridgehead atoms. The van der Waals surface area contributed by atoms with Gasteiger partial charge in [0.2, 0.25) is 0 Å². The molecule has 3 fully saturated rings. The Hall–Kier alpha value is -0.430. The summed E-state index contributed by atoms with van der Waals surface area (Å²) in [5.41, 5.74) is 0.237. The van der Waals surface area contributed by atoms with Crippen molar-refractivity contribution in [3.05, 3.63) is 11.6 Å². The average Bonchev–Trinajstić information content (AvgIpc) is 2.93. The van der Waals surface area contributed by atoms with E-state index in [1.165, 1.54) is 0 Å². The molecule has 0 aromatic heterocycles. The van der Waals surface area contributed by atoms with Crippen molar-refractivity contribution in [1.82, 2.24) is 0 Å². The molecule has 2 N–H and O–H groups in total. The van der Waals surface area contributed by atoms with Crippen molar-refractivity contribution in [3.8, 4) is 0 Å². The van der Waals surface area contributed by atoms with Gasteiger partial charge in [0.1, 0.15) is 0 Å². The number of allylic oxidation sites excluding steroid dienone is 1. The van der Waals surface area contributed by atoms with Crippen LogP contribution >= 0.6 is 0 Å². The van der Waals surface area contributed by atoms with Crippen molar-refractivity contribution >= 4 is 10.4 Å². The van der Waals surface area contributed by atoms with Gasteiger partial charge >= 0.3 is 10.4 Å². The highest BCUT2D eigenvalue weighted by molar-refractivity contribution is 7.80. The van der Waals surface area contributed by atoms with Gasteiger partial charge in [-0.25, -0.2) is 4.18 Å². The molecule has 4 aliphatic rings. The Morgan fingerprint density at radius 1 is 1.30 bits per heavy atom. The van der Waals surface area contributed by atoms with Crippen LogP contribution < -0.4 is 0 Å². The number of aliphatic hydroxyl groups is 1. The Kier molecular flexibility index (Phi) is 3.52. The molecule has 0 saturated heterocycles. The standard InChI is InChI=1S/C21H34O5S/c1-13(22)17-6-7-18-16-5-4-14-12-15(26-27(23,24)25)8-10-20(14,2)19(16)9-11-21(17,18)3/h4,13,15-19,22H,5-12H2,1-3H3,(H,23,24,25)/t13-,15+,16+,17-,18+,19+,20+,21-/m1/s1/i1D3,13D,17D. The summed E-state index contributed by atoms with van der Waals surface area (Å²) in [6.07, 6.45) is 3.35. The van der Waals surface area contributed by atoms with Crippen LogP contribution in [0.4, 0.5) is 0 Å². The zero-order valence-electron chi connectivity index (χ0n) is 21.1. The van der Waals surface area contributed by atoms with Crippen LogP contribution in [0.15, 0.2) is 11.6 Å². The van der Waals surface area contributed by atoms with Crippen molar-refractivity contribution in [2.24, 2.45) is 34.5 Å². The van der Waals surface area contributed by atoms with Crippen LogP contribution in [-0.2, 0) is 14.6 Å². The van der Waals surface area contributed by atoms with E-state index in [0.717, 1.165) is 24.8 Å². The van der Waals surface area contributed by atoms with Gasteiger partial charge in [0.05, 0.1) is 13.6 Å². The van der Waals surface area contributed by atoms with Crippen LogP contribution in [0.1, 0.15) is 78.9 Å². The normalized spacial score (nSPS) is 55.3. The molecule has 0 aromatic rings. The summed E-state index contributed by atoms with van der Waals surface area (Å²) < 4.78 is 76.8. The van der Waals surface area contributed by atoms with E-state index in [2.05, 4.69) is 13.0 Å². The van der Waals surface area contributed by atoms with Gasteiger partial charge in [0, 0.05) is 5.48 Å². The fraction of sp³-hybridized carbons (Fsp3) is 0.905. The lowest BCUT2D eigenvalue weighted by atomic mass is 9.47. The van der Waals surface area contributed by atoms with Crippen LogP contribution in [0, 0.1) is 34.5 Å². The van der Waals surface area contributed by atoms with Gasteiger partial charge < -0.3 is 5.11 Å². The Morgan fingerprint density at radius 2 is 2.07 bits per heavy atom. The summed E-state index contributed by atoms with van der Waals surface area (Å²) in [6.45, 7) is 1.15. The maximum Gasteiger partial charge on any atom is 0.397 e. The van der Waals surface area contributed by atoms with E-state index in [1.807, 2.05) is 6.92 Å². The molecule has 27 heavy (non-hydrogen) atoms. The van der Waals surface area contributed by atoms with Gasteiger partial charge in [-0.2, -0.15) is 8.42 Å². The Balaban J connectivity index is 1.63. The largest absolute Gasteiger partial charge is 0.397 e. The Labute approximate surface area is 170 Å². The molecule has 154 valence electrons. The molecule has 0 unspecified atom stereocenters. The lowest BCUT2D eigenvalue weighted by Crippen LogP contribution is -2.51. The highest BCUT2D eigenvalue weighted by Gasteiger charge is 2.59. The Morgan fingerprint density at radius 3 is 2.78 bits per heavy atom. The topological polar surface area (TPSA) is 83.8 Å². The average molecular weight is 404 g/mol. The van der Waals surface area contributed by atoms with Crippen LogP contribution in [0.25, 0.3) is 0 Å². The minimum absolute atomic E-state index is 0.0411. The van der Waals surface area contributed by atoms with Gasteiger partial charge in [-0.05, 0) is 92.7 Å². The quantitative estimate of drug-likeness (QED) is 0.547. The SMILES string of the molecule is [2H]C([2H])([2H])[C@@]([2H])(O)[C@@]1([2H])CC[C@H]2[C@@H]3CC=C4C[C@@H](OS(=O)(=O)O)CC[C@]4(C)[C@H]3CC[C@@]21C. The molecule has 4 aliphatic carbocycles. The number of rotatable bonds is 3. The molecule has 3 saturated carbocycles. The van der Waals surface area contributed by atoms with E-state index in [-0.39, 0.29) is 23.7 Å². The zero-order chi connectivity index (χ0) is 24.0. The molecule has 8 atom stereocenters. The van der Waals surface area contributed by atoms with Crippen molar-refractivity contribution < 1.29 is 29.1 Å². The fourth-order valence-corrected chi connectivity index (χ4v) is 7.59. The van der Waals surface area contributed by atoms with Gasteiger partial charge in [0.25, 0.3) is 0 Å². The molecule has 0 aliphatic heterocycles. The summed E-state index contributed by atoms with van der Waals surface area (Å²) in [5.74, 6) is -1.20. The van der Waals surface area contributed by atoms with Gasteiger partial charge in [-0.3, -0.25) is 4.55 Å². The predicted molar refractivity (Wildman–Crippen MR) is 103 cm³/mol. The predicted octanol–water partition coefficient (Wildman–Crippen LogP) is 4.13. The number of fused-ring (bicyclic) bond motifs is 5. The maximum atomic E-state index is 11.2. The van der Waals surface area contributed by atoms with Crippen molar-refractivity contribution in [2.75, 3.05) is 0 Å². The smallest absolute Gasteiger partial charge is 0.393 e. The summed E-state index contributed by atoms with van der Waals surface area (Å²) in [7, 11) is -4.50. The van der Waals surface area contributed by atoms with Crippen molar-refractivity contribution in [3.63, 3.8) is 0 Å². The number of hydrogen-bond donors (Lipinski definition) is 2. The maximum absolute atomic E-state index is 11.2. The second kappa shape index (κ2) is 6.54. The van der Waals surface area contributed by atoms with E-state index in [4.69, 9.17) is 15.6 Å². The van der Waals surface area contributed by atoms with Gasteiger partial charge in [0.15, 0.2) is 0 Å². The molecule has 4 rings (SSSR count). The highest BCUT2D eigenvalue weighted by atomic mass is 32.3. The molecule has 0 amide bonds. The van der Waals surface area contributed by atoms with Crippen LogP contribution in [0.3, 0.4) is 0 Å². The van der Waals surface area contributed by atoms with E-state index in [9.17, 15) is 13.5 Å². The Bertz CT molecular complexity index is 918. The van der Waals surface area contributed by atoms with E-state index < -0.39 is 40.7 Å². The molecule has 6 heteroatoms. The fourth-order valence-electron chi connectivity index (χ4n) is 7.08. The molecule has 0 spiro atoms. The third-order valence-electron chi connectivity index (χ3n) is 8.39. The first-order chi connectivity index (χ1) is 14.5. The third-order valence-corrected chi connectivity index (χ3v) is 8.90. The second-order valence-electron chi connectivity index (χ2n) is 9.47. The van der Waals surface area contributed by atoms with E-state index in [0.29, 0.717) is 31.6 Å². The van der Waals surface area contributed by atoms with Gasteiger partial charge in [-0.15, -0.1) is 0 Å². The summed E-state index contributed by atoms with van der Waals surface area (Å²) >= 11 is 0. The lowest BCUT2D eigenvalue weighted by Gasteiger charge is -2.58. The molecule has 5 nitrogen and oxygen atoms in total. The lowest BCUT2D eigenvalue weighted by molar-refractivity contribution is -0.0666. The van der Waals surface area contributed by atoms with Crippen LogP contribution in [0.2, 0.25) is 0 Å². The summed E-state index contributed by atoms with van der Waals surface area (Å²) in [6, 6.07) is 0. The minimum Gasteiger partial charge on any atom is -0.393 e. The third kappa shape index (κ3) is 3.21. The zero-order valence-corrected chi connectivity index (χ0v) is 16.9. The monoisotopic (exact) mass is 403 g/mol. The molecule has 0 heterocycles. The molecular formula is C21H34O5S. The van der Waals surface area contributed by atoms with Crippen molar-refractivity contribution in [2.45, 2.75) is 84.2 Å². The van der Waals surface area contributed by atoms with Crippen molar-refractivity contribution in [1.29, 1.82) is 0 Å². The van der Waals surface area contributed by atoms with E-state index >= 15 is 0 Å². The van der Waals surface area contributed by atoms with E-state index in [1.54, 1.807) is 0 Å². The first-order valence-corrected chi connectivity index (χ1v) is 11.4. The number of hydrogen-bond acceptors (Lipinski definition) is 4. The molecule has 0 aromatic carbocycles. The summed E-state index contributed by atoms with van der Waals surface area (Å²) in [5, 5.41) is 10.8. The molecule has 0 radical (unpaired) electrons. The first kappa shape index (κ1) is 14.5. The van der Waals surface area contributed by atoms with Gasteiger partial charge in [-0.1, -0.05) is 25.5 Å². The highest BCUT2D eigenvalue weighted by Crippen LogP contribution is 2.66. The second-order valence-corrected chi connectivity index (χ2v) is 10.5.